The maximum absolute atomic E-state index is 12.7. The Bertz CT molecular complexity index is 816. The van der Waals surface area contributed by atoms with Crippen LogP contribution in [0.25, 0.3) is 5.70 Å². The van der Waals surface area contributed by atoms with Crippen LogP contribution >= 0.6 is 0 Å². The van der Waals surface area contributed by atoms with E-state index in [4.69, 9.17) is 14.3 Å². The van der Waals surface area contributed by atoms with Gasteiger partial charge in [0.1, 0.15) is 6.61 Å². The number of hydrogen-bond acceptors (Lipinski definition) is 7. The van der Waals surface area contributed by atoms with Gasteiger partial charge in [0.25, 0.3) is 5.91 Å². The third kappa shape index (κ3) is 4.87. The van der Waals surface area contributed by atoms with Gasteiger partial charge in [0, 0.05) is 18.4 Å². The van der Waals surface area contributed by atoms with E-state index in [-0.39, 0.29) is 5.91 Å². The molecule has 0 radical (unpaired) electrons. The van der Waals surface area contributed by atoms with Crippen LogP contribution in [0.5, 0.6) is 5.88 Å². The van der Waals surface area contributed by atoms with Crippen molar-refractivity contribution in [2.24, 2.45) is 0 Å². The van der Waals surface area contributed by atoms with Crippen LogP contribution in [0.4, 0.5) is 5.69 Å². The number of hydroxylamine groups is 1. The number of allylic oxidation sites excluding steroid dienone is 1. The van der Waals surface area contributed by atoms with Gasteiger partial charge in [-0.1, -0.05) is 6.08 Å². The Morgan fingerprint density at radius 1 is 1.25 bits per heavy atom. The summed E-state index contributed by atoms with van der Waals surface area (Å²) in [5.41, 5.74) is 6.15. The van der Waals surface area contributed by atoms with E-state index in [0.717, 1.165) is 29.8 Å². The van der Waals surface area contributed by atoms with Gasteiger partial charge in [-0.25, -0.2) is 4.98 Å². The summed E-state index contributed by atoms with van der Waals surface area (Å²) in [5.74, 6) is 0.149. The van der Waals surface area contributed by atoms with Gasteiger partial charge in [0.05, 0.1) is 36.4 Å². The normalized spacial score (nSPS) is 12.9. The zero-order valence-corrected chi connectivity index (χ0v) is 16.1. The Kier molecular flexibility index (Phi) is 6.99. The van der Waals surface area contributed by atoms with E-state index in [1.165, 1.54) is 0 Å². The lowest BCUT2D eigenvalue weighted by Crippen LogP contribution is -2.20. The number of amides is 1. The summed E-state index contributed by atoms with van der Waals surface area (Å²) in [6.07, 6.45) is 5.19. The van der Waals surface area contributed by atoms with E-state index in [0.29, 0.717) is 43.7 Å². The maximum atomic E-state index is 12.7. The highest BCUT2D eigenvalue weighted by Gasteiger charge is 2.25. The largest absolute Gasteiger partial charge is 0.475 e. The Morgan fingerprint density at radius 2 is 2.14 bits per heavy atom. The number of fused-ring (bicyclic) bond motifs is 1. The number of carbonyl (C=O) groups excluding carboxylic acids is 1. The minimum Gasteiger partial charge on any atom is -0.475 e. The molecule has 0 spiro atoms. The van der Waals surface area contributed by atoms with Gasteiger partial charge in [-0.15, -0.1) is 0 Å². The van der Waals surface area contributed by atoms with Crippen LogP contribution in [0.2, 0.25) is 0 Å². The SMILES string of the molecule is CCOCCOc1ccc(NC(=O)c2n[nH]c3c2C(NOCC)=CCC3)cn1. The molecule has 9 nitrogen and oxygen atoms in total. The van der Waals surface area contributed by atoms with E-state index < -0.39 is 0 Å². The summed E-state index contributed by atoms with van der Waals surface area (Å²) >= 11 is 0. The van der Waals surface area contributed by atoms with Crippen molar-refractivity contribution in [3.05, 3.63) is 41.4 Å². The Balaban J connectivity index is 1.64. The van der Waals surface area contributed by atoms with Crippen molar-refractivity contribution >= 4 is 17.3 Å². The first-order chi connectivity index (χ1) is 13.7. The molecule has 28 heavy (non-hydrogen) atoms. The van der Waals surface area contributed by atoms with Crippen molar-refractivity contribution in [2.45, 2.75) is 26.7 Å². The first-order valence-corrected chi connectivity index (χ1v) is 9.36. The number of hydrogen-bond donors (Lipinski definition) is 3. The number of nitrogens with zero attached hydrogens (tertiary/aromatic N) is 2. The molecule has 2 aromatic rings. The minimum atomic E-state index is -0.324. The number of pyridine rings is 1. The Morgan fingerprint density at radius 3 is 2.89 bits per heavy atom. The molecular weight excluding hydrogens is 362 g/mol. The number of aromatic nitrogens is 3. The van der Waals surface area contributed by atoms with E-state index in [1.807, 2.05) is 19.9 Å². The molecule has 2 aromatic heterocycles. The van der Waals surface area contributed by atoms with Crippen LogP contribution in [0.1, 0.15) is 42.0 Å². The lowest BCUT2D eigenvalue weighted by Gasteiger charge is -2.16. The highest BCUT2D eigenvalue weighted by molar-refractivity contribution is 6.06. The quantitative estimate of drug-likeness (QED) is 0.424. The van der Waals surface area contributed by atoms with Crippen LogP contribution in [-0.2, 0) is 16.0 Å². The van der Waals surface area contributed by atoms with Gasteiger partial charge in [0.2, 0.25) is 5.88 Å². The molecule has 0 unspecified atom stereocenters. The molecular formula is C19H25N5O4. The molecule has 9 heteroatoms. The van der Waals surface area contributed by atoms with Gasteiger partial charge in [-0.3, -0.25) is 20.2 Å². The number of H-pyrrole nitrogens is 1. The van der Waals surface area contributed by atoms with E-state index in [2.05, 4.69) is 26.0 Å². The van der Waals surface area contributed by atoms with E-state index in [1.54, 1.807) is 18.3 Å². The monoisotopic (exact) mass is 387 g/mol. The van der Waals surface area contributed by atoms with Crippen molar-refractivity contribution in [1.29, 1.82) is 0 Å². The second-order valence-corrected chi connectivity index (χ2v) is 6.00. The second kappa shape index (κ2) is 9.86. The summed E-state index contributed by atoms with van der Waals surface area (Å²) in [6.45, 7) is 5.90. The highest BCUT2D eigenvalue weighted by Crippen LogP contribution is 2.27. The van der Waals surface area contributed by atoms with Crippen molar-refractivity contribution in [3.63, 3.8) is 0 Å². The molecule has 150 valence electrons. The number of carbonyl (C=O) groups is 1. The standard InChI is InChI=1S/C19H25N5O4/c1-3-26-10-11-27-16-9-8-13(12-20-16)21-19(25)18-17-14(22-23-18)6-5-7-15(17)24-28-4-2/h7-9,12,24H,3-6,10-11H2,1-2H3,(H,21,25)(H,22,23). The molecule has 0 fully saturated rings. The number of rotatable bonds is 10. The maximum Gasteiger partial charge on any atom is 0.276 e. The van der Waals surface area contributed by atoms with E-state index >= 15 is 0 Å². The molecule has 1 aliphatic carbocycles. The average Bonchev–Trinajstić information content (AvgIpc) is 3.16. The van der Waals surface area contributed by atoms with Gasteiger partial charge >= 0.3 is 0 Å². The lowest BCUT2D eigenvalue weighted by atomic mass is 9.99. The fourth-order valence-corrected chi connectivity index (χ4v) is 2.80. The topological polar surface area (TPSA) is 110 Å². The number of anilines is 1. The molecule has 1 aliphatic rings. The number of ether oxygens (including phenoxy) is 2. The van der Waals surface area contributed by atoms with Crippen LogP contribution in [0, 0.1) is 0 Å². The Hall–Kier alpha value is -2.91. The molecule has 0 saturated carbocycles. The number of aryl methyl sites for hydroxylation is 1. The molecule has 2 heterocycles. The van der Waals surface area contributed by atoms with Crippen LogP contribution < -0.4 is 15.5 Å². The van der Waals surface area contributed by atoms with Crippen LogP contribution in [0.3, 0.4) is 0 Å². The molecule has 1 amide bonds. The highest BCUT2D eigenvalue weighted by atomic mass is 16.6. The third-order valence-corrected chi connectivity index (χ3v) is 4.07. The summed E-state index contributed by atoms with van der Waals surface area (Å²) in [4.78, 5) is 22.2. The van der Waals surface area contributed by atoms with Gasteiger partial charge in [-0.2, -0.15) is 5.10 Å². The third-order valence-electron chi connectivity index (χ3n) is 4.07. The van der Waals surface area contributed by atoms with Crippen molar-refractivity contribution < 1.29 is 19.1 Å². The van der Waals surface area contributed by atoms with Gasteiger partial charge in [0.15, 0.2) is 5.69 Å². The lowest BCUT2D eigenvalue weighted by molar-refractivity contribution is 0.0894. The van der Waals surface area contributed by atoms with E-state index in [9.17, 15) is 4.79 Å². The van der Waals surface area contributed by atoms with Gasteiger partial charge < -0.3 is 14.8 Å². The molecule has 3 N–H and O–H groups in total. The summed E-state index contributed by atoms with van der Waals surface area (Å²) < 4.78 is 10.7. The van der Waals surface area contributed by atoms with Crippen molar-refractivity contribution in [2.75, 3.05) is 31.7 Å². The molecule has 0 atom stereocenters. The zero-order chi connectivity index (χ0) is 19.8. The van der Waals surface area contributed by atoms with Crippen LogP contribution in [0.15, 0.2) is 24.4 Å². The fourth-order valence-electron chi connectivity index (χ4n) is 2.80. The second-order valence-electron chi connectivity index (χ2n) is 6.00. The Labute approximate surface area is 163 Å². The smallest absolute Gasteiger partial charge is 0.276 e. The molecule has 0 aromatic carbocycles. The fraction of sp³-hybridized carbons (Fsp3) is 0.421. The number of aromatic amines is 1. The first kappa shape index (κ1) is 19.8. The molecule has 0 bridgehead atoms. The number of nitrogens with one attached hydrogen (secondary N) is 3. The molecule has 0 saturated heterocycles. The zero-order valence-electron chi connectivity index (χ0n) is 16.1. The first-order valence-electron chi connectivity index (χ1n) is 9.36. The van der Waals surface area contributed by atoms with Crippen LogP contribution in [-0.4, -0.2) is 47.5 Å². The predicted octanol–water partition coefficient (Wildman–Crippen LogP) is 2.30. The summed E-state index contributed by atoms with van der Waals surface area (Å²) in [6, 6.07) is 3.43. The van der Waals surface area contributed by atoms with Crippen molar-refractivity contribution in [1.82, 2.24) is 20.7 Å². The summed E-state index contributed by atoms with van der Waals surface area (Å²) in [5, 5.41) is 9.96. The predicted molar refractivity (Wildman–Crippen MR) is 104 cm³/mol. The van der Waals surface area contributed by atoms with Crippen molar-refractivity contribution in [3.8, 4) is 5.88 Å². The molecule has 3 rings (SSSR count). The van der Waals surface area contributed by atoms with Gasteiger partial charge in [-0.05, 0) is 32.8 Å². The minimum absolute atomic E-state index is 0.310. The summed E-state index contributed by atoms with van der Waals surface area (Å²) in [7, 11) is 0. The average molecular weight is 387 g/mol. The molecule has 0 aliphatic heterocycles.